The normalized spacial score (nSPS) is 34.3. The van der Waals surface area contributed by atoms with Crippen LogP contribution >= 0.6 is 0 Å². The van der Waals surface area contributed by atoms with Crippen LogP contribution in [0.5, 0.6) is 0 Å². The molecule has 0 spiro atoms. The Morgan fingerprint density at radius 2 is 2.11 bits per heavy atom. The Kier molecular flexibility index (Phi) is 1.78. The van der Waals surface area contributed by atoms with Crippen LogP contribution in [0.1, 0.15) is 12.8 Å². The standard InChI is InChI=1S/C7H15NO/c1-8(2)5-3-4-7(9)6-8/h7H,3-6H2,1-2H3. The molecule has 1 rings (SSSR count). The Hall–Kier alpha value is -0.0800. The summed E-state index contributed by atoms with van der Waals surface area (Å²) in [5.41, 5.74) is 0. The number of likely N-dealkylation sites (tertiary alicyclic amines) is 1. The van der Waals surface area contributed by atoms with Crippen molar-refractivity contribution < 1.29 is 9.59 Å². The highest BCUT2D eigenvalue weighted by Crippen LogP contribution is 2.11. The number of likely N-dealkylation sites (N-methyl/N-ethyl adjacent to an activating group) is 1. The summed E-state index contributed by atoms with van der Waals surface area (Å²) in [4.78, 5) is 0. The van der Waals surface area contributed by atoms with E-state index in [1.807, 2.05) is 0 Å². The van der Waals surface area contributed by atoms with Crippen molar-refractivity contribution in [3.8, 4) is 0 Å². The number of rotatable bonds is 0. The van der Waals surface area contributed by atoms with Crippen molar-refractivity contribution in [1.29, 1.82) is 0 Å². The molecule has 1 fully saturated rings. The van der Waals surface area contributed by atoms with Gasteiger partial charge in [0.2, 0.25) is 0 Å². The number of piperidine rings is 1. The first-order chi connectivity index (χ1) is 4.10. The lowest BCUT2D eigenvalue weighted by Crippen LogP contribution is -2.53. The molecule has 2 nitrogen and oxygen atoms in total. The van der Waals surface area contributed by atoms with E-state index in [1.165, 1.54) is 6.54 Å². The van der Waals surface area contributed by atoms with Gasteiger partial charge in [-0.25, -0.2) is 0 Å². The summed E-state index contributed by atoms with van der Waals surface area (Å²) in [6, 6.07) is 0. The van der Waals surface area contributed by atoms with Crippen molar-refractivity contribution in [3.05, 3.63) is 0 Å². The summed E-state index contributed by atoms with van der Waals surface area (Å²) in [6.07, 6.45) is 1.71. The summed E-state index contributed by atoms with van der Waals surface area (Å²) in [5, 5.41) is 10.9. The van der Waals surface area contributed by atoms with Gasteiger partial charge < -0.3 is 9.59 Å². The number of quaternary nitrogens is 1. The second-order valence-corrected chi connectivity index (χ2v) is 3.61. The van der Waals surface area contributed by atoms with Gasteiger partial charge >= 0.3 is 0 Å². The smallest absolute Gasteiger partial charge is 0.0781 e. The predicted octanol–water partition coefficient (Wildman–Crippen LogP) is -0.414. The molecule has 0 amide bonds. The van der Waals surface area contributed by atoms with Gasteiger partial charge in [-0.1, -0.05) is 12.5 Å². The van der Waals surface area contributed by atoms with Crippen LogP contribution in [0.15, 0.2) is 0 Å². The summed E-state index contributed by atoms with van der Waals surface area (Å²) in [7, 11) is 4.26. The second-order valence-electron chi connectivity index (χ2n) is 3.61. The van der Waals surface area contributed by atoms with Gasteiger partial charge in [-0.2, -0.15) is 0 Å². The molecule has 0 aliphatic carbocycles. The molecule has 2 heteroatoms. The third-order valence-electron chi connectivity index (χ3n) is 1.99. The Morgan fingerprint density at radius 1 is 1.44 bits per heavy atom. The lowest BCUT2D eigenvalue weighted by molar-refractivity contribution is -0.905. The predicted molar refractivity (Wildman–Crippen MR) is 34.9 cm³/mol. The van der Waals surface area contributed by atoms with Crippen LogP contribution in [0, 0.1) is 0 Å². The molecular formula is C7H15NO. The summed E-state index contributed by atoms with van der Waals surface area (Å²) < 4.78 is 0.925. The molecule has 0 aromatic carbocycles. The fourth-order valence-electron chi connectivity index (χ4n) is 1.48. The molecule has 0 aromatic heterocycles. The van der Waals surface area contributed by atoms with Crippen molar-refractivity contribution >= 4 is 0 Å². The first-order valence-electron chi connectivity index (χ1n) is 3.58. The van der Waals surface area contributed by atoms with Crippen molar-refractivity contribution in [3.63, 3.8) is 0 Å². The molecule has 1 heterocycles. The maximum atomic E-state index is 10.9. The maximum Gasteiger partial charge on any atom is 0.0781 e. The van der Waals surface area contributed by atoms with Crippen LogP contribution in [0.2, 0.25) is 0 Å². The van der Waals surface area contributed by atoms with Gasteiger partial charge in [0.25, 0.3) is 0 Å². The number of nitrogens with zero attached hydrogens (tertiary/aromatic N) is 1. The van der Waals surface area contributed by atoms with Gasteiger partial charge in [-0.05, 0) is 6.42 Å². The average molecular weight is 129 g/mol. The zero-order valence-corrected chi connectivity index (χ0v) is 6.26. The van der Waals surface area contributed by atoms with Crippen LogP contribution < -0.4 is 5.11 Å². The van der Waals surface area contributed by atoms with E-state index in [0.717, 1.165) is 23.9 Å². The third-order valence-corrected chi connectivity index (χ3v) is 1.99. The second kappa shape index (κ2) is 2.27. The monoisotopic (exact) mass is 129 g/mol. The first-order valence-corrected chi connectivity index (χ1v) is 3.58. The lowest BCUT2D eigenvalue weighted by Gasteiger charge is -2.40. The van der Waals surface area contributed by atoms with Crippen molar-refractivity contribution in [2.24, 2.45) is 0 Å². The van der Waals surface area contributed by atoms with E-state index in [-0.39, 0.29) is 6.10 Å². The van der Waals surface area contributed by atoms with E-state index in [0.29, 0.717) is 0 Å². The highest BCUT2D eigenvalue weighted by atomic mass is 16.3. The molecule has 0 N–H and O–H groups in total. The van der Waals surface area contributed by atoms with Gasteiger partial charge in [-0.15, -0.1) is 0 Å². The minimum Gasteiger partial charge on any atom is -0.848 e. The molecule has 1 unspecified atom stereocenters. The average Bonchev–Trinajstić information content (AvgIpc) is 1.60. The molecule has 0 radical (unpaired) electrons. The number of hydrogen-bond acceptors (Lipinski definition) is 1. The van der Waals surface area contributed by atoms with E-state index in [1.54, 1.807) is 0 Å². The van der Waals surface area contributed by atoms with Crippen LogP contribution in [-0.2, 0) is 0 Å². The van der Waals surface area contributed by atoms with E-state index >= 15 is 0 Å². The van der Waals surface area contributed by atoms with Crippen LogP contribution in [0.25, 0.3) is 0 Å². The minimum absolute atomic E-state index is 0.297. The molecule has 9 heavy (non-hydrogen) atoms. The Balaban J connectivity index is 2.41. The van der Waals surface area contributed by atoms with Gasteiger partial charge in [0.15, 0.2) is 0 Å². The Bertz CT molecular complexity index is 101. The van der Waals surface area contributed by atoms with Gasteiger partial charge in [0.1, 0.15) is 0 Å². The van der Waals surface area contributed by atoms with E-state index in [4.69, 9.17) is 0 Å². The largest absolute Gasteiger partial charge is 0.848 e. The highest BCUT2D eigenvalue weighted by Gasteiger charge is 2.20. The number of hydrogen-bond donors (Lipinski definition) is 0. The SMILES string of the molecule is C[N+]1(C)CCCC([O-])C1. The highest BCUT2D eigenvalue weighted by molar-refractivity contribution is 4.57. The Morgan fingerprint density at radius 3 is 2.44 bits per heavy atom. The summed E-state index contributed by atoms with van der Waals surface area (Å²) >= 11 is 0. The van der Waals surface area contributed by atoms with Crippen LogP contribution in [-0.4, -0.2) is 37.8 Å². The van der Waals surface area contributed by atoms with Gasteiger partial charge in [-0.3, -0.25) is 0 Å². The third kappa shape index (κ3) is 1.95. The molecule has 54 valence electrons. The Labute approximate surface area is 56.7 Å². The van der Waals surface area contributed by atoms with E-state index in [2.05, 4.69) is 14.1 Å². The van der Waals surface area contributed by atoms with Crippen LogP contribution in [0.3, 0.4) is 0 Å². The molecule has 0 aromatic rings. The van der Waals surface area contributed by atoms with Crippen LogP contribution in [0.4, 0.5) is 0 Å². The van der Waals surface area contributed by atoms with Crippen molar-refractivity contribution in [1.82, 2.24) is 0 Å². The zero-order chi connectivity index (χ0) is 6.91. The van der Waals surface area contributed by atoms with E-state index < -0.39 is 0 Å². The maximum absolute atomic E-state index is 10.9. The zero-order valence-electron chi connectivity index (χ0n) is 6.26. The molecule has 1 aliphatic rings. The molecule has 0 bridgehead atoms. The lowest BCUT2D eigenvalue weighted by atomic mass is 10.1. The summed E-state index contributed by atoms with van der Waals surface area (Å²) in [5.74, 6) is 0. The fourth-order valence-corrected chi connectivity index (χ4v) is 1.48. The van der Waals surface area contributed by atoms with Crippen molar-refractivity contribution in [2.45, 2.75) is 18.9 Å². The molecule has 1 saturated heterocycles. The van der Waals surface area contributed by atoms with Crippen molar-refractivity contribution in [2.75, 3.05) is 27.2 Å². The minimum atomic E-state index is -0.297. The van der Waals surface area contributed by atoms with E-state index in [9.17, 15) is 5.11 Å². The molecular weight excluding hydrogens is 114 g/mol. The topological polar surface area (TPSA) is 23.1 Å². The summed E-state index contributed by atoms with van der Waals surface area (Å²) in [6.45, 7) is 2.00. The molecule has 1 atom stereocenters. The fraction of sp³-hybridized carbons (Fsp3) is 1.00. The quantitative estimate of drug-likeness (QED) is 0.408. The van der Waals surface area contributed by atoms with Gasteiger partial charge in [0.05, 0.1) is 27.2 Å². The first kappa shape index (κ1) is 7.03. The molecule has 1 aliphatic heterocycles. The molecule has 0 saturated carbocycles. The van der Waals surface area contributed by atoms with Gasteiger partial charge in [0, 0.05) is 0 Å².